The van der Waals surface area contributed by atoms with Gasteiger partial charge in [-0.15, -0.1) is 0 Å². The topological polar surface area (TPSA) is 48.5 Å². The fourth-order valence-corrected chi connectivity index (χ4v) is 6.41. The number of benzene rings is 6. The van der Waals surface area contributed by atoms with E-state index < -0.39 is 0 Å². The van der Waals surface area contributed by atoms with Crippen molar-refractivity contribution in [3.8, 4) is 45.5 Å². The number of hydrogen-bond acceptors (Lipinski definition) is 3. The molecule has 0 aliphatic rings. The van der Waals surface area contributed by atoms with Crippen LogP contribution in [0, 0.1) is 0 Å². The number of para-hydroxylation sites is 2. The third kappa shape index (κ3) is 4.37. The van der Waals surface area contributed by atoms with Crippen LogP contribution in [0.4, 0.5) is 0 Å². The molecule has 0 saturated heterocycles. The standard InChI is InChI=1S/C41H27N5/c1-3-13-29(14-4-1)39-42-40(30-15-5-2-6-16-30)44-41(43-39)46-37-21-10-8-19-34(37)35-27-32(22-23-38(35)46)31-17-11-18-33(26-31)45-25-24-28-12-7-9-20-36(28)45/h1-27H. The largest absolute Gasteiger partial charge is 0.317 e. The lowest BCUT2D eigenvalue weighted by atomic mass is 10.0. The lowest BCUT2D eigenvalue weighted by molar-refractivity contribution is 0.953. The van der Waals surface area contributed by atoms with Gasteiger partial charge in [0.15, 0.2) is 11.6 Å². The van der Waals surface area contributed by atoms with Crippen LogP contribution in [-0.2, 0) is 0 Å². The first-order chi connectivity index (χ1) is 22.8. The lowest BCUT2D eigenvalue weighted by Crippen LogP contribution is -2.06. The van der Waals surface area contributed by atoms with Crippen LogP contribution >= 0.6 is 0 Å². The van der Waals surface area contributed by atoms with Gasteiger partial charge in [-0.05, 0) is 59.0 Å². The van der Waals surface area contributed by atoms with Crippen molar-refractivity contribution in [2.24, 2.45) is 0 Å². The third-order valence-corrected chi connectivity index (χ3v) is 8.62. The Balaban J connectivity index is 1.23. The average molecular weight is 590 g/mol. The summed E-state index contributed by atoms with van der Waals surface area (Å²) in [6, 6.07) is 54.7. The van der Waals surface area contributed by atoms with E-state index in [0.717, 1.165) is 49.7 Å². The molecule has 46 heavy (non-hydrogen) atoms. The molecule has 0 radical (unpaired) electrons. The van der Waals surface area contributed by atoms with Crippen molar-refractivity contribution in [2.45, 2.75) is 0 Å². The fraction of sp³-hybridized carbons (Fsp3) is 0. The van der Waals surface area contributed by atoms with Gasteiger partial charge in [-0.25, -0.2) is 4.98 Å². The number of aromatic nitrogens is 5. The highest BCUT2D eigenvalue weighted by atomic mass is 15.2. The fourth-order valence-electron chi connectivity index (χ4n) is 6.41. The second kappa shape index (κ2) is 10.7. The monoisotopic (exact) mass is 589 g/mol. The molecule has 6 aromatic carbocycles. The average Bonchev–Trinajstić information content (AvgIpc) is 3.72. The van der Waals surface area contributed by atoms with Gasteiger partial charge in [0.05, 0.1) is 16.6 Å². The molecule has 0 aliphatic carbocycles. The summed E-state index contributed by atoms with van der Waals surface area (Å²) in [7, 11) is 0. The van der Waals surface area contributed by atoms with Crippen molar-refractivity contribution >= 4 is 32.7 Å². The second-order valence-corrected chi connectivity index (χ2v) is 11.4. The van der Waals surface area contributed by atoms with Crippen molar-refractivity contribution < 1.29 is 0 Å². The lowest BCUT2D eigenvalue weighted by Gasteiger charge is -2.11. The summed E-state index contributed by atoms with van der Waals surface area (Å²) in [5.41, 5.74) is 8.62. The van der Waals surface area contributed by atoms with Crippen molar-refractivity contribution in [2.75, 3.05) is 0 Å². The minimum atomic E-state index is 0.591. The molecule has 0 fully saturated rings. The Kier molecular flexibility index (Phi) is 6.06. The molecule has 5 heteroatoms. The molecule has 0 N–H and O–H groups in total. The van der Waals surface area contributed by atoms with E-state index in [-0.39, 0.29) is 0 Å². The third-order valence-electron chi connectivity index (χ3n) is 8.62. The normalized spacial score (nSPS) is 11.5. The maximum atomic E-state index is 5.06. The first-order valence-corrected chi connectivity index (χ1v) is 15.4. The van der Waals surface area contributed by atoms with Crippen LogP contribution in [0.1, 0.15) is 0 Å². The van der Waals surface area contributed by atoms with Crippen LogP contribution in [0.5, 0.6) is 0 Å². The summed E-state index contributed by atoms with van der Waals surface area (Å²) in [6.07, 6.45) is 2.14. The van der Waals surface area contributed by atoms with Crippen LogP contribution in [0.25, 0.3) is 78.2 Å². The van der Waals surface area contributed by atoms with Gasteiger partial charge in [-0.3, -0.25) is 4.57 Å². The summed E-state index contributed by atoms with van der Waals surface area (Å²) in [4.78, 5) is 15.0. The Labute approximate surface area is 265 Å². The predicted molar refractivity (Wildman–Crippen MR) is 187 cm³/mol. The van der Waals surface area contributed by atoms with Gasteiger partial charge in [0, 0.05) is 33.8 Å². The van der Waals surface area contributed by atoms with Crippen LogP contribution in [-0.4, -0.2) is 24.1 Å². The molecule has 0 unspecified atom stereocenters. The number of hydrogen-bond donors (Lipinski definition) is 0. The number of fused-ring (bicyclic) bond motifs is 4. The molecule has 216 valence electrons. The first-order valence-electron chi connectivity index (χ1n) is 15.4. The molecule has 3 aromatic heterocycles. The van der Waals surface area contributed by atoms with E-state index in [4.69, 9.17) is 15.0 Å². The van der Waals surface area contributed by atoms with Gasteiger partial charge >= 0.3 is 0 Å². The summed E-state index contributed by atoms with van der Waals surface area (Å²) in [5, 5.41) is 3.52. The van der Waals surface area contributed by atoms with Gasteiger partial charge < -0.3 is 4.57 Å². The van der Waals surface area contributed by atoms with E-state index in [9.17, 15) is 0 Å². The molecular weight excluding hydrogens is 562 g/mol. The molecule has 0 spiro atoms. The molecule has 5 nitrogen and oxygen atoms in total. The van der Waals surface area contributed by atoms with Crippen molar-refractivity contribution in [3.63, 3.8) is 0 Å². The van der Waals surface area contributed by atoms with Crippen LogP contribution in [0.3, 0.4) is 0 Å². The maximum absolute atomic E-state index is 5.06. The number of rotatable bonds is 5. The Bertz CT molecular complexity index is 2470. The highest BCUT2D eigenvalue weighted by Gasteiger charge is 2.18. The smallest absolute Gasteiger partial charge is 0.238 e. The first kappa shape index (κ1) is 26.1. The molecule has 0 amide bonds. The molecule has 3 heterocycles. The van der Waals surface area contributed by atoms with Crippen molar-refractivity contribution in [3.05, 3.63) is 164 Å². The molecule has 9 aromatic rings. The van der Waals surface area contributed by atoms with E-state index in [2.05, 4.69) is 112 Å². The minimum absolute atomic E-state index is 0.591. The zero-order valence-corrected chi connectivity index (χ0v) is 24.8. The molecule has 0 bridgehead atoms. The summed E-state index contributed by atoms with van der Waals surface area (Å²) in [5.74, 6) is 1.87. The van der Waals surface area contributed by atoms with E-state index in [1.54, 1.807) is 0 Å². The maximum Gasteiger partial charge on any atom is 0.238 e. The quantitative estimate of drug-likeness (QED) is 0.201. The van der Waals surface area contributed by atoms with Crippen molar-refractivity contribution in [1.82, 2.24) is 24.1 Å². The van der Waals surface area contributed by atoms with Crippen LogP contribution < -0.4 is 0 Å². The van der Waals surface area contributed by atoms with Gasteiger partial charge in [0.25, 0.3) is 0 Å². The highest BCUT2D eigenvalue weighted by Crippen LogP contribution is 2.35. The Morgan fingerprint density at radius 3 is 1.76 bits per heavy atom. The van der Waals surface area contributed by atoms with E-state index in [0.29, 0.717) is 17.6 Å². The summed E-state index contributed by atoms with van der Waals surface area (Å²) >= 11 is 0. The van der Waals surface area contributed by atoms with Gasteiger partial charge in [-0.1, -0.05) is 115 Å². The van der Waals surface area contributed by atoms with Gasteiger partial charge in [0.1, 0.15) is 0 Å². The highest BCUT2D eigenvalue weighted by molar-refractivity contribution is 6.10. The Morgan fingerprint density at radius 2 is 1.00 bits per heavy atom. The molecule has 0 atom stereocenters. The summed E-state index contributed by atoms with van der Waals surface area (Å²) in [6.45, 7) is 0. The SMILES string of the molecule is c1ccc(-c2nc(-c3ccccc3)nc(-n3c4ccccc4c4cc(-c5cccc(-n6ccc7ccccc76)c5)ccc43)n2)cc1. The van der Waals surface area contributed by atoms with Crippen molar-refractivity contribution in [1.29, 1.82) is 0 Å². The molecule has 0 saturated carbocycles. The Morgan fingerprint density at radius 1 is 0.391 bits per heavy atom. The number of nitrogens with zero attached hydrogens (tertiary/aromatic N) is 5. The summed E-state index contributed by atoms with van der Waals surface area (Å²) < 4.78 is 4.41. The molecule has 0 aliphatic heterocycles. The predicted octanol–water partition coefficient (Wildman–Crippen LogP) is 9.91. The van der Waals surface area contributed by atoms with Gasteiger partial charge in [-0.2, -0.15) is 9.97 Å². The minimum Gasteiger partial charge on any atom is -0.317 e. The van der Waals surface area contributed by atoms with Crippen LogP contribution in [0.2, 0.25) is 0 Å². The molecular formula is C41H27N5. The molecule has 9 rings (SSSR count). The zero-order chi connectivity index (χ0) is 30.5. The van der Waals surface area contributed by atoms with Gasteiger partial charge in [0.2, 0.25) is 5.95 Å². The zero-order valence-electron chi connectivity index (χ0n) is 24.8. The second-order valence-electron chi connectivity index (χ2n) is 11.4. The van der Waals surface area contributed by atoms with E-state index >= 15 is 0 Å². The van der Waals surface area contributed by atoms with E-state index in [1.165, 1.54) is 10.9 Å². The van der Waals surface area contributed by atoms with Crippen LogP contribution in [0.15, 0.2) is 164 Å². The van der Waals surface area contributed by atoms with E-state index in [1.807, 2.05) is 60.7 Å². The Hall–Kier alpha value is -6.33.